The second-order valence-corrected chi connectivity index (χ2v) is 8.41. The maximum absolute atomic E-state index is 12.5. The van der Waals surface area contributed by atoms with Crippen LogP contribution in [0.5, 0.6) is 11.5 Å². The van der Waals surface area contributed by atoms with Crippen molar-refractivity contribution in [3.63, 3.8) is 0 Å². The molecule has 4 rings (SSSR count). The minimum Gasteiger partial charge on any atom is -0.497 e. The number of hydrogen-bond donors (Lipinski definition) is 2. The fraction of sp³-hybridized carbons (Fsp3) is 0.222. The highest BCUT2D eigenvalue weighted by Gasteiger charge is 2.09. The normalized spacial score (nSPS) is 11.3. The van der Waals surface area contributed by atoms with E-state index in [1.807, 2.05) is 54.6 Å². The molecule has 0 saturated carbocycles. The highest BCUT2D eigenvalue weighted by atomic mass is 16.5. The predicted octanol–water partition coefficient (Wildman–Crippen LogP) is 4.96. The van der Waals surface area contributed by atoms with Crippen molar-refractivity contribution < 1.29 is 14.3 Å². The molecule has 0 aliphatic carbocycles. The number of H-pyrrole nitrogens is 1. The summed E-state index contributed by atoms with van der Waals surface area (Å²) in [6.45, 7) is 4.89. The Morgan fingerprint density at radius 1 is 1.06 bits per heavy atom. The van der Waals surface area contributed by atoms with Crippen molar-refractivity contribution in [1.29, 1.82) is 0 Å². The molecule has 0 unspecified atom stereocenters. The van der Waals surface area contributed by atoms with Crippen molar-refractivity contribution in [2.45, 2.75) is 20.3 Å². The van der Waals surface area contributed by atoms with Gasteiger partial charge in [-0.1, -0.05) is 26.0 Å². The average Bonchev–Trinajstić information content (AvgIpc) is 3.25. The SMILES string of the molecule is COc1ccc(Cc2nc3ccc(C(=O)N/N=C\c4ccc(OCC(C)C)cc4)cc3[nH]2)cc1. The zero-order valence-corrected chi connectivity index (χ0v) is 19.5. The van der Waals surface area contributed by atoms with Crippen molar-refractivity contribution in [2.75, 3.05) is 13.7 Å². The van der Waals surface area contributed by atoms with E-state index in [2.05, 4.69) is 34.3 Å². The molecule has 0 saturated heterocycles. The third-order valence-electron chi connectivity index (χ3n) is 5.17. The highest BCUT2D eigenvalue weighted by Crippen LogP contribution is 2.18. The Hall–Kier alpha value is -4.13. The maximum atomic E-state index is 12.5. The van der Waals surface area contributed by atoms with Crippen molar-refractivity contribution in [1.82, 2.24) is 15.4 Å². The van der Waals surface area contributed by atoms with Gasteiger partial charge in [-0.2, -0.15) is 5.10 Å². The van der Waals surface area contributed by atoms with Gasteiger partial charge in [0.05, 0.1) is 31.0 Å². The number of amides is 1. The van der Waals surface area contributed by atoms with E-state index in [1.54, 1.807) is 25.5 Å². The fourth-order valence-corrected chi connectivity index (χ4v) is 3.37. The Labute approximate surface area is 198 Å². The molecule has 2 N–H and O–H groups in total. The number of nitrogens with one attached hydrogen (secondary N) is 2. The van der Waals surface area contributed by atoms with Gasteiger partial charge in [-0.05, 0) is 71.6 Å². The van der Waals surface area contributed by atoms with E-state index in [4.69, 9.17) is 9.47 Å². The van der Waals surface area contributed by atoms with E-state index in [0.717, 1.165) is 39.5 Å². The van der Waals surface area contributed by atoms with Crippen LogP contribution in [0, 0.1) is 5.92 Å². The smallest absolute Gasteiger partial charge is 0.271 e. The first-order chi connectivity index (χ1) is 16.5. The van der Waals surface area contributed by atoms with Crippen molar-refractivity contribution in [2.24, 2.45) is 11.0 Å². The summed E-state index contributed by atoms with van der Waals surface area (Å²) < 4.78 is 10.9. The molecular weight excluding hydrogens is 428 g/mol. The molecule has 34 heavy (non-hydrogen) atoms. The first kappa shape index (κ1) is 23.0. The van der Waals surface area contributed by atoms with Gasteiger partial charge in [0.25, 0.3) is 5.91 Å². The number of carbonyl (C=O) groups is 1. The number of imidazole rings is 1. The number of hydrazone groups is 1. The Balaban J connectivity index is 1.36. The second-order valence-electron chi connectivity index (χ2n) is 8.41. The number of carbonyl (C=O) groups excluding carboxylic acids is 1. The van der Waals surface area contributed by atoms with Gasteiger partial charge >= 0.3 is 0 Å². The number of hydrogen-bond acceptors (Lipinski definition) is 5. The first-order valence-corrected chi connectivity index (χ1v) is 11.2. The molecule has 0 spiro atoms. The number of aromatic amines is 1. The summed E-state index contributed by atoms with van der Waals surface area (Å²) in [6.07, 6.45) is 2.26. The monoisotopic (exact) mass is 456 g/mol. The number of nitrogens with zero attached hydrogens (tertiary/aromatic N) is 2. The highest BCUT2D eigenvalue weighted by molar-refractivity contribution is 5.97. The number of methoxy groups -OCH3 is 1. The number of ether oxygens (including phenoxy) is 2. The third kappa shape index (κ3) is 6.01. The van der Waals surface area contributed by atoms with Gasteiger partial charge in [0.1, 0.15) is 17.3 Å². The quantitative estimate of drug-likeness (QED) is 0.275. The molecule has 174 valence electrons. The standard InChI is InChI=1S/C27H28N4O3/c1-18(2)17-34-23-11-6-20(7-12-23)16-28-31-27(32)21-8-13-24-25(15-21)30-26(29-24)14-19-4-9-22(33-3)10-5-19/h4-13,15-16,18H,14,17H2,1-3H3,(H,29,30)(H,31,32)/b28-16-. The molecule has 1 heterocycles. The van der Waals surface area contributed by atoms with Gasteiger partial charge in [-0.25, -0.2) is 10.4 Å². The number of aromatic nitrogens is 2. The molecule has 7 heteroatoms. The lowest BCUT2D eigenvalue weighted by molar-refractivity contribution is 0.0955. The first-order valence-electron chi connectivity index (χ1n) is 11.2. The molecule has 7 nitrogen and oxygen atoms in total. The predicted molar refractivity (Wildman–Crippen MR) is 134 cm³/mol. The Kier molecular flexibility index (Phi) is 7.22. The summed E-state index contributed by atoms with van der Waals surface area (Å²) in [4.78, 5) is 20.5. The summed E-state index contributed by atoms with van der Waals surface area (Å²) in [5.74, 6) is 2.64. The number of fused-ring (bicyclic) bond motifs is 1. The van der Waals surface area contributed by atoms with E-state index < -0.39 is 0 Å². The van der Waals surface area contributed by atoms with E-state index in [-0.39, 0.29) is 5.91 Å². The molecule has 3 aromatic carbocycles. The van der Waals surface area contributed by atoms with Crippen LogP contribution in [0.25, 0.3) is 11.0 Å². The molecule has 0 aliphatic heterocycles. The fourth-order valence-electron chi connectivity index (χ4n) is 3.37. The minimum atomic E-state index is -0.290. The average molecular weight is 457 g/mol. The Bertz CT molecular complexity index is 1280. The van der Waals surface area contributed by atoms with Gasteiger partial charge in [-0.15, -0.1) is 0 Å². The van der Waals surface area contributed by atoms with Gasteiger partial charge in [0.2, 0.25) is 0 Å². The van der Waals surface area contributed by atoms with Gasteiger partial charge < -0.3 is 14.5 Å². The maximum Gasteiger partial charge on any atom is 0.271 e. The van der Waals surface area contributed by atoms with Gasteiger partial charge in [-0.3, -0.25) is 4.79 Å². The Morgan fingerprint density at radius 2 is 1.79 bits per heavy atom. The molecule has 0 radical (unpaired) electrons. The molecule has 0 bridgehead atoms. The lowest BCUT2D eigenvalue weighted by atomic mass is 10.1. The summed E-state index contributed by atoms with van der Waals surface area (Å²) in [5, 5.41) is 4.08. The Morgan fingerprint density at radius 3 is 2.50 bits per heavy atom. The van der Waals surface area contributed by atoms with Crippen LogP contribution in [0.4, 0.5) is 0 Å². The second kappa shape index (κ2) is 10.7. The van der Waals surface area contributed by atoms with Crippen LogP contribution in [0.1, 0.15) is 41.2 Å². The molecule has 0 fully saturated rings. The van der Waals surface area contributed by atoms with E-state index >= 15 is 0 Å². The van der Waals surface area contributed by atoms with E-state index in [0.29, 0.717) is 24.5 Å². The van der Waals surface area contributed by atoms with Crippen molar-refractivity contribution in [3.05, 3.63) is 89.2 Å². The van der Waals surface area contributed by atoms with Gasteiger partial charge in [0.15, 0.2) is 0 Å². The van der Waals surface area contributed by atoms with Gasteiger partial charge in [0, 0.05) is 12.0 Å². The number of benzene rings is 3. The molecule has 1 aromatic heterocycles. The molecule has 0 atom stereocenters. The van der Waals surface area contributed by atoms with Crippen LogP contribution in [0.3, 0.4) is 0 Å². The lowest BCUT2D eigenvalue weighted by Gasteiger charge is -2.08. The minimum absolute atomic E-state index is 0.290. The van der Waals surface area contributed by atoms with E-state index in [1.165, 1.54) is 0 Å². The number of rotatable bonds is 9. The van der Waals surface area contributed by atoms with Crippen molar-refractivity contribution >= 4 is 23.2 Å². The van der Waals surface area contributed by atoms with Crippen LogP contribution < -0.4 is 14.9 Å². The molecule has 1 amide bonds. The zero-order valence-electron chi connectivity index (χ0n) is 19.5. The third-order valence-corrected chi connectivity index (χ3v) is 5.17. The summed E-state index contributed by atoms with van der Waals surface area (Å²) >= 11 is 0. The molecule has 4 aromatic rings. The summed E-state index contributed by atoms with van der Waals surface area (Å²) in [5.41, 5.74) is 6.67. The van der Waals surface area contributed by atoms with Crippen LogP contribution >= 0.6 is 0 Å². The van der Waals surface area contributed by atoms with Crippen LogP contribution in [0.2, 0.25) is 0 Å². The molecular formula is C27H28N4O3. The summed E-state index contributed by atoms with van der Waals surface area (Å²) in [7, 11) is 1.65. The largest absolute Gasteiger partial charge is 0.497 e. The van der Waals surface area contributed by atoms with Crippen molar-refractivity contribution in [3.8, 4) is 11.5 Å². The van der Waals surface area contributed by atoms with Crippen LogP contribution in [-0.4, -0.2) is 35.8 Å². The van der Waals surface area contributed by atoms with Crippen LogP contribution in [-0.2, 0) is 6.42 Å². The lowest BCUT2D eigenvalue weighted by Crippen LogP contribution is -2.17. The van der Waals surface area contributed by atoms with E-state index in [9.17, 15) is 4.79 Å². The van der Waals surface area contributed by atoms with Crippen LogP contribution in [0.15, 0.2) is 71.8 Å². The topological polar surface area (TPSA) is 88.6 Å². The summed E-state index contributed by atoms with van der Waals surface area (Å²) in [6, 6.07) is 20.8. The zero-order chi connectivity index (χ0) is 23.9. The molecule has 0 aliphatic rings.